The first kappa shape index (κ1) is 12.0. The molecule has 0 bridgehead atoms. The van der Waals surface area contributed by atoms with Crippen molar-refractivity contribution in [2.45, 2.75) is 31.1 Å². The summed E-state index contributed by atoms with van der Waals surface area (Å²) in [5.41, 5.74) is 6.10. The second kappa shape index (κ2) is 5.10. The fourth-order valence-corrected chi connectivity index (χ4v) is 3.01. The molecule has 2 N–H and O–H groups in total. The van der Waals surface area contributed by atoms with Crippen molar-refractivity contribution in [1.29, 1.82) is 0 Å². The van der Waals surface area contributed by atoms with E-state index in [1.165, 1.54) is 18.6 Å². The number of hydrogen-bond donors (Lipinski definition) is 1. The van der Waals surface area contributed by atoms with Gasteiger partial charge in [-0.05, 0) is 37.7 Å². The van der Waals surface area contributed by atoms with Crippen molar-refractivity contribution in [3.63, 3.8) is 0 Å². The van der Waals surface area contributed by atoms with Crippen LogP contribution in [0.2, 0.25) is 0 Å². The highest BCUT2D eigenvalue weighted by molar-refractivity contribution is 8.00. The molecule has 0 spiro atoms. The quantitative estimate of drug-likeness (QED) is 0.854. The first-order valence-corrected chi connectivity index (χ1v) is 5.76. The maximum absolute atomic E-state index is 6.10. The van der Waals surface area contributed by atoms with Crippen LogP contribution in [0.1, 0.15) is 30.4 Å². The molecule has 2 atom stereocenters. The van der Waals surface area contributed by atoms with E-state index in [2.05, 4.69) is 0 Å². The number of thioether (sulfide) groups is 1. The van der Waals surface area contributed by atoms with Gasteiger partial charge in [0.15, 0.2) is 0 Å². The van der Waals surface area contributed by atoms with Crippen LogP contribution in [-0.2, 0) is 0 Å². The van der Waals surface area contributed by atoms with E-state index in [-0.39, 0.29) is 18.4 Å². The Morgan fingerprint density at radius 1 is 1.57 bits per heavy atom. The number of furan rings is 1. The van der Waals surface area contributed by atoms with Crippen molar-refractivity contribution in [3.8, 4) is 0 Å². The Labute approximate surface area is 95.0 Å². The minimum absolute atomic E-state index is 0. The molecule has 2 rings (SSSR count). The monoisotopic (exact) mass is 233 g/mol. The lowest BCUT2D eigenvalue weighted by atomic mass is 10.1. The Morgan fingerprint density at radius 3 is 2.86 bits per heavy atom. The van der Waals surface area contributed by atoms with Gasteiger partial charge in [0.05, 0.1) is 6.04 Å². The largest absolute Gasteiger partial charge is 0.465 e. The lowest BCUT2D eigenvalue weighted by Crippen LogP contribution is -2.20. The average Bonchev–Trinajstić information content (AvgIpc) is 2.72. The van der Waals surface area contributed by atoms with E-state index < -0.39 is 0 Å². The Morgan fingerprint density at radius 2 is 2.36 bits per heavy atom. The summed E-state index contributed by atoms with van der Waals surface area (Å²) in [6, 6.07) is 4.06. The molecule has 1 aliphatic rings. The first-order chi connectivity index (χ1) is 6.27. The molecule has 1 aromatic rings. The molecular formula is C10H16ClNOS. The fraction of sp³-hybridized carbons (Fsp3) is 0.600. The van der Waals surface area contributed by atoms with Gasteiger partial charge in [0.2, 0.25) is 0 Å². The van der Waals surface area contributed by atoms with Crippen molar-refractivity contribution in [1.82, 2.24) is 0 Å². The van der Waals surface area contributed by atoms with Crippen molar-refractivity contribution in [2.24, 2.45) is 5.73 Å². The van der Waals surface area contributed by atoms with Gasteiger partial charge < -0.3 is 10.2 Å². The van der Waals surface area contributed by atoms with Crippen LogP contribution in [0.5, 0.6) is 0 Å². The van der Waals surface area contributed by atoms with Crippen LogP contribution in [0.15, 0.2) is 16.5 Å². The van der Waals surface area contributed by atoms with Crippen LogP contribution >= 0.6 is 24.2 Å². The van der Waals surface area contributed by atoms with E-state index in [0.29, 0.717) is 5.25 Å². The summed E-state index contributed by atoms with van der Waals surface area (Å²) in [6.45, 7) is 1.96. The second-order valence-corrected chi connectivity index (χ2v) is 4.87. The highest BCUT2D eigenvalue weighted by atomic mass is 35.5. The van der Waals surface area contributed by atoms with Gasteiger partial charge >= 0.3 is 0 Å². The molecule has 0 amide bonds. The highest BCUT2D eigenvalue weighted by Gasteiger charge is 2.25. The van der Waals surface area contributed by atoms with Crippen LogP contribution in [0.25, 0.3) is 0 Å². The van der Waals surface area contributed by atoms with Gasteiger partial charge in [0.25, 0.3) is 0 Å². The number of rotatable bonds is 2. The summed E-state index contributed by atoms with van der Waals surface area (Å²) >= 11 is 1.97. The normalized spacial score (nSPS) is 23.1. The Bertz CT molecular complexity index is 283. The second-order valence-electron chi connectivity index (χ2n) is 3.53. The van der Waals surface area contributed by atoms with E-state index in [1.54, 1.807) is 0 Å². The maximum atomic E-state index is 6.10. The van der Waals surface area contributed by atoms with E-state index >= 15 is 0 Å². The summed E-state index contributed by atoms with van der Waals surface area (Å²) < 4.78 is 5.52. The average molecular weight is 234 g/mol. The molecule has 2 unspecified atom stereocenters. The molecule has 4 heteroatoms. The van der Waals surface area contributed by atoms with Gasteiger partial charge in [-0.15, -0.1) is 12.4 Å². The van der Waals surface area contributed by atoms with Crippen molar-refractivity contribution >= 4 is 24.2 Å². The number of aryl methyl sites for hydroxylation is 1. The predicted octanol–water partition coefficient (Wildman–Crippen LogP) is 2.91. The maximum Gasteiger partial charge on any atom is 0.121 e. The molecule has 2 heterocycles. The molecule has 1 saturated heterocycles. The summed E-state index contributed by atoms with van der Waals surface area (Å²) in [5, 5.41) is 0.561. The Kier molecular flexibility index (Phi) is 4.35. The molecule has 0 radical (unpaired) electrons. The van der Waals surface area contributed by atoms with Crippen LogP contribution in [0.4, 0.5) is 0 Å². The smallest absolute Gasteiger partial charge is 0.121 e. The Balaban J connectivity index is 0.000000980. The van der Waals surface area contributed by atoms with Gasteiger partial charge in [-0.2, -0.15) is 11.8 Å². The molecule has 14 heavy (non-hydrogen) atoms. The van der Waals surface area contributed by atoms with Crippen LogP contribution in [-0.4, -0.2) is 11.0 Å². The third-order valence-electron chi connectivity index (χ3n) is 2.46. The third-order valence-corrected chi connectivity index (χ3v) is 3.94. The van der Waals surface area contributed by atoms with Crippen molar-refractivity contribution < 1.29 is 4.42 Å². The van der Waals surface area contributed by atoms with Gasteiger partial charge in [0.1, 0.15) is 11.5 Å². The summed E-state index contributed by atoms with van der Waals surface area (Å²) in [4.78, 5) is 0. The van der Waals surface area contributed by atoms with E-state index in [0.717, 1.165) is 11.5 Å². The number of hydrogen-bond acceptors (Lipinski definition) is 3. The van der Waals surface area contributed by atoms with Crippen LogP contribution in [0.3, 0.4) is 0 Å². The van der Waals surface area contributed by atoms with Gasteiger partial charge in [-0.3, -0.25) is 0 Å². The van der Waals surface area contributed by atoms with Gasteiger partial charge in [-0.25, -0.2) is 0 Å². The summed E-state index contributed by atoms with van der Waals surface area (Å²) in [6.07, 6.45) is 2.52. The molecule has 1 fully saturated rings. The van der Waals surface area contributed by atoms with E-state index in [1.807, 2.05) is 30.8 Å². The lowest BCUT2D eigenvalue weighted by molar-refractivity contribution is 0.437. The van der Waals surface area contributed by atoms with Crippen LogP contribution in [0, 0.1) is 6.92 Å². The van der Waals surface area contributed by atoms with Gasteiger partial charge in [0, 0.05) is 5.25 Å². The molecule has 0 saturated carbocycles. The highest BCUT2D eigenvalue weighted by Crippen LogP contribution is 2.34. The molecule has 0 aromatic carbocycles. The topological polar surface area (TPSA) is 39.2 Å². The predicted molar refractivity (Wildman–Crippen MR) is 63.1 cm³/mol. The first-order valence-electron chi connectivity index (χ1n) is 4.71. The molecular weight excluding hydrogens is 218 g/mol. The zero-order valence-electron chi connectivity index (χ0n) is 8.23. The molecule has 80 valence electrons. The fourth-order valence-electron chi connectivity index (χ4n) is 1.70. The minimum Gasteiger partial charge on any atom is -0.465 e. The third kappa shape index (κ3) is 2.47. The standard InChI is InChI=1S/C10H15NOS.ClH/c1-7-4-5-8(12-7)10(11)9-3-2-6-13-9;/h4-5,9-10H,2-3,6,11H2,1H3;1H. The lowest BCUT2D eigenvalue weighted by Gasteiger charge is -2.15. The zero-order chi connectivity index (χ0) is 9.26. The molecule has 2 nitrogen and oxygen atoms in total. The molecule has 1 aromatic heterocycles. The molecule has 0 aliphatic carbocycles. The van der Waals surface area contributed by atoms with Crippen LogP contribution < -0.4 is 5.73 Å². The van der Waals surface area contributed by atoms with Gasteiger partial charge in [-0.1, -0.05) is 0 Å². The minimum atomic E-state index is 0. The molecule has 1 aliphatic heterocycles. The zero-order valence-corrected chi connectivity index (χ0v) is 9.87. The van der Waals surface area contributed by atoms with E-state index in [9.17, 15) is 0 Å². The number of halogens is 1. The van der Waals surface area contributed by atoms with E-state index in [4.69, 9.17) is 10.2 Å². The van der Waals surface area contributed by atoms with Crippen molar-refractivity contribution in [2.75, 3.05) is 5.75 Å². The Hall–Kier alpha value is -0.120. The summed E-state index contributed by atoms with van der Waals surface area (Å²) in [5.74, 6) is 3.14. The number of nitrogens with two attached hydrogens (primary N) is 1. The summed E-state index contributed by atoms with van der Waals surface area (Å²) in [7, 11) is 0. The SMILES string of the molecule is Cc1ccc(C(N)C2CCCS2)o1.Cl. The van der Waals surface area contributed by atoms with Crippen molar-refractivity contribution in [3.05, 3.63) is 23.7 Å².